The van der Waals surface area contributed by atoms with Gasteiger partial charge in [0.1, 0.15) is 0 Å². The molecule has 0 bridgehead atoms. The normalized spacial score (nSPS) is 17.5. The van der Waals surface area contributed by atoms with Crippen LogP contribution in [0.5, 0.6) is 0 Å². The number of halogens is 1. The molecule has 6 heteroatoms. The van der Waals surface area contributed by atoms with Gasteiger partial charge in [0.15, 0.2) is 5.13 Å². The van der Waals surface area contributed by atoms with E-state index in [9.17, 15) is 4.79 Å². The first kappa shape index (κ1) is 15.0. The second-order valence-electron chi connectivity index (χ2n) is 4.54. The Kier molecular flexibility index (Phi) is 5.11. The van der Waals surface area contributed by atoms with Gasteiger partial charge in [-0.3, -0.25) is 4.79 Å². The summed E-state index contributed by atoms with van der Waals surface area (Å²) in [6, 6.07) is 9.90. The summed E-state index contributed by atoms with van der Waals surface area (Å²) >= 11 is 1.46. The molecule has 1 aromatic heterocycles. The van der Waals surface area contributed by atoms with Gasteiger partial charge in [0.05, 0.1) is 11.7 Å². The zero-order chi connectivity index (χ0) is 13.1. The van der Waals surface area contributed by atoms with Gasteiger partial charge in [0.2, 0.25) is 5.91 Å². The van der Waals surface area contributed by atoms with Crippen molar-refractivity contribution in [2.24, 2.45) is 0 Å². The van der Waals surface area contributed by atoms with Crippen molar-refractivity contribution < 1.29 is 4.79 Å². The van der Waals surface area contributed by atoms with Crippen LogP contribution < -0.4 is 10.6 Å². The third-order valence-corrected chi connectivity index (χ3v) is 3.94. The number of thiazole rings is 1. The standard InChI is InChI=1S/C14H15N3OS.ClH/c18-13(11-7-4-8-15-11)17-14-16-12(9-19-14)10-5-2-1-3-6-10;/h1-3,5-6,9,11,15H,4,7-8H2,(H,16,17,18);1H. The number of anilines is 1. The van der Waals surface area contributed by atoms with E-state index in [1.807, 2.05) is 35.7 Å². The number of aromatic nitrogens is 1. The molecule has 1 aliphatic rings. The molecule has 1 aromatic carbocycles. The Hall–Kier alpha value is -1.43. The molecule has 1 atom stereocenters. The molecular formula is C14H16ClN3OS. The highest BCUT2D eigenvalue weighted by Gasteiger charge is 2.22. The Bertz CT molecular complexity index is 567. The van der Waals surface area contributed by atoms with Crippen molar-refractivity contribution in [1.29, 1.82) is 0 Å². The Balaban J connectivity index is 0.00000147. The lowest BCUT2D eigenvalue weighted by molar-refractivity contribution is -0.117. The second kappa shape index (κ2) is 6.83. The summed E-state index contributed by atoms with van der Waals surface area (Å²) in [4.78, 5) is 16.4. The van der Waals surface area contributed by atoms with Crippen molar-refractivity contribution in [3.8, 4) is 11.3 Å². The number of carbonyl (C=O) groups excluding carboxylic acids is 1. The molecule has 1 saturated heterocycles. The molecule has 0 radical (unpaired) electrons. The number of benzene rings is 1. The summed E-state index contributed by atoms with van der Waals surface area (Å²) in [5.74, 6) is 0.0199. The van der Waals surface area contributed by atoms with Crippen LogP contribution in [0.15, 0.2) is 35.7 Å². The van der Waals surface area contributed by atoms with Gasteiger partial charge in [-0.15, -0.1) is 23.7 Å². The molecule has 1 amide bonds. The molecule has 1 unspecified atom stereocenters. The third-order valence-electron chi connectivity index (χ3n) is 3.18. The monoisotopic (exact) mass is 309 g/mol. The lowest BCUT2D eigenvalue weighted by Gasteiger charge is -2.08. The first-order valence-corrected chi connectivity index (χ1v) is 7.26. The average molecular weight is 310 g/mol. The molecule has 0 spiro atoms. The van der Waals surface area contributed by atoms with E-state index in [0.29, 0.717) is 5.13 Å². The second-order valence-corrected chi connectivity index (χ2v) is 5.40. The van der Waals surface area contributed by atoms with Crippen LogP contribution in [-0.4, -0.2) is 23.5 Å². The fraction of sp³-hybridized carbons (Fsp3) is 0.286. The van der Waals surface area contributed by atoms with Crippen LogP contribution >= 0.6 is 23.7 Å². The molecular weight excluding hydrogens is 294 g/mol. The molecule has 2 aromatic rings. The molecule has 2 N–H and O–H groups in total. The van der Waals surface area contributed by atoms with Crippen LogP contribution in [0, 0.1) is 0 Å². The van der Waals surface area contributed by atoms with Crippen molar-refractivity contribution in [2.45, 2.75) is 18.9 Å². The van der Waals surface area contributed by atoms with E-state index in [-0.39, 0.29) is 24.4 Å². The maximum atomic E-state index is 12.0. The Morgan fingerprint density at radius 1 is 1.35 bits per heavy atom. The summed E-state index contributed by atoms with van der Waals surface area (Å²) in [5.41, 5.74) is 1.97. The van der Waals surface area contributed by atoms with Crippen molar-refractivity contribution in [2.75, 3.05) is 11.9 Å². The van der Waals surface area contributed by atoms with Crippen molar-refractivity contribution >= 4 is 34.8 Å². The lowest BCUT2D eigenvalue weighted by Crippen LogP contribution is -2.35. The van der Waals surface area contributed by atoms with E-state index in [2.05, 4.69) is 15.6 Å². The van der Waals surface area contributed by atoms with Crippen molar-refractivity contribution in [1.82, 2.24) is 10.3 Å². The van der Waals surface area contributed by atoms with Crippen LogP contribution in [0.4, 0.5) is 5.13 Å². The SMILES string of the molecule is Cl.O=C(Nc1nc(-c2ccccc2)cs1)C1CCCN1. The van der Waals surface area contributed by atoms with Crippen LogP contribution in [-0.2, 0) is 4.79 Å². The first-order chi connectivity index (χ1) is 9.33. The number of nitrogens with zero attached hydrogens (tertiary/aromatic N) is 1. The fourth-order valence-corrected chi connectivity index (χ4v) is 2.90. The number of nitrogens with one attached hydrogen (secondary N) is 2. The van der Waals surface area contributed by atoms with Gasteiger partial charge in [0, 0.05) is 10.9 Å². The fourth-order valence-electron chi connectivity index (χ4n) is 2.17. The minimum atomic E-state index is -0.0657. The average Bonchev–Trinajstić information content (AvgIpc) is 3.11. The highest BCUT2D eigenvalue weighted by molar-refractivity contribution is 7.14. The van der Waals surface area contributed by atoms with Crippen LogP contribution in [0.2, 0.25) is 0 Å². The summed E-state index contributed by atoms with van der Waals surface area (Å²) in [5, 5.41) is 8.69. The number of hydrogen-bond acceptors (Lipinski definition) is 4. The minimum Gasteiger partial charge on any atom is -0.306 e. The van der Waals surface area contributed by atoms with Crippen LogP contribution in [0.3, 0.4) is 0 Å². The zero-order valence-corrected chi connectivity index (χ0v) is 12.5. The highest BCUT2D eigenvalue weighted by Crippen LogP contribution is 2.24. The molecule has 0 aliphatic carbocycles. The van der Waals surface area contributed by atoms with Gasteiger partial charge in [-0.2, -0.15) is 0 Å². The Morgan fingerprint density at radius 2 is 2.15 bits per heavy atom. The zero-order valence-electron chi connectivity index (χ0n) is 10.8. The van der Waals surface area contributed by atoms with Gasteiger partial charge < -0.3 is 10.6 Å². The first-order valence-electron chi connectivity index (χ1n) is 6.38. The minimum absolute atomic E-state index is 0. The van der Waals surface area contributed by atoms with E-state index in [4.69, 9.17) is 0 Å². The van der Waals surface area contributed by atoms with Crippen LogP contribution in [0.25, 0.3) is 11.3 Å². The molecule has 0 saturated carbocycles. The highest BCUT2D eigenvalue weighted by atomic mass is 35.5. The number of rotatable bonds is 3. The molecule has 1 fully saturated rings. The topological polar surface area (TPSA) is 54.0 Å². The van der Waals surface area contributed by atoms with Gasteiger partial charge in [-0.25, -0.2) is 4.98 Å². The summed E-state index contributed by atoms with van der Waals surface area (Å²) < 4.78 is 0. The molecule has 106 valence electrons. The Morgan fingerprint density at radius 3 is 2.85 bits per heavy atom. The predicted octanol–water partition coefficient (Wildman–Crippen LogP) is 2.92. The maximum Gasteiger partial charge on any atom is 0.243 e. The van der Waals surface area contributed by atoms with Gasteiger partial charge >= 0.3 is 0 Å². The quantitative estimate of drug-likeness (QED) is 0.916. The molecule has 20 heavy (non-hydrogen) atoms. The molecule has 1 aliphatic heterocycles. The summed E-state index contributed by atoms with van der Waals surface area (Å²) in [6.07, 6.45) is 1.97. The largest absolute Gasteiger partial charge is 0.306 e. The maximum absolute atomic E-state index is 12.0. The number of amides is 1. The molecule has 3 rings (SSSR count). The van der Waals surface area contributed by atoms with E-state index in [1.54, 1.807) is 0 Å². The van der Waals surface area contributed by atoms with Crippen molar-refractivity contribution in [3.63, 3.8) is 0 Å². The lowest BCUT2D eigenvalue weighted by atomic mass is 10.2. The van der Waals surface area contributed by atoms with E-state index < -0.39 is 0 Å². The predicted molar refractivity (Wildman–Crippen MR) is 84.5 cm³/mol. The Labute approximate surface area is 128 Å². The number of hydrogen-bond donors (Lipinski definition) is 2. The summed E-state index contributed by atoms with van der Waals surface area (Å²) in [7, 11) is 0. The number of carbonyl (C=O) groups is 1. The van der Waals surface area contributed by atoms with Gasteiger partial charge in [-0.05, 0) is 19.4 Å². The smallest absolute Gasteiger partial charge is 0.243 e. The van der Waals surface area contributed by atoms with Crippen molar-refractivity contribution in [3.05, 3.63) is 35.7 Å². The van der Waals surface area contributed by atoms with Gasteiger partial charge in [0.25, 0.3) is 0 Å². The third kappa shape index (κ3) is 3.36. The van der Waals surface area contributed by atoms with E-state index in [0.717, 1.165) is 30.6 Å². The molecule has 2 heterocycles. The summed E-state index contributed by atoms with van der Waals surface area (Å²) in [6.45, 7) is 0.922. The van der Waals surface area contributed by atoms with E-state index >= 15 is 0 Å². The van der Waals surface area contributed by atoms with Gasteiger partial charge in [-0.1, -0.05) is 30.3 Å². The molecule has 4 nitrogen and oxygen atoms in total. The van der Waals surface area contributed by atoms with Crippen LogP contribution in [0.1, 0.15) is 12.8 Å². The van der Waals surface area contributed by atoms with E-state index in [1.165, 1.54) is 11.3 Å².